The molecule has 0 fully saturated rings. The molecule has 1 heterocycles. The standard InChI is InChI=1S/C18H19N5O3S/c1-27(25,26)15-5-3-2-4-13(15)10-16-21-17(23-22-16)11-20-18(24)12-6-8-14(19)9-7-12/h2-9H,10-11,19H2,1H3,(H,20,24)(H,21,22,23). The SMILES string of the molecule is CS(=O)(=O)c1ccccc1Cc1n[nH]c(CNC(=O)c2ccc(N)cc2)n1. The first-order valence-electron chi connectivity index (χ1n) is 8.15. The van der Waals surface area contributed by atoms with E-state index in [2.05, 4.69) is 20.5 Å². The first-order valence-corrected chi connectivity index (χ1v) is 10.0. The van der Waals surface area contributed by atoms with Crippen molar-refractivity contribution in [1.29, 1.82) is 0 Å². The van der Waals surface area contributed by atoms with Crippen molar-refractivity contribution in [3.63, 3.8) is 0 Å². The molecule has 0 bridgehead atoms. The Bertz CT molecular complexity index is 1060. The molecule has 0 aliphatic carbocycles. The molecule has 27 heavy (non-hydrogen) atoms. The van der Waals surface area contributed by atoms with Crippen molar-refractivity contribution in [1.82, 2.24) is 20.5 Å². The largest absolute Gasteiger partial charge is 0.399 e. The highest BCUT2D eigenvalue weighted by molar-refractivity contribution is 7.90. The van der Waals surface area contributed by atoms with Gasteiger partial charge in [-0.1, -0.05) is 18.2 Å². The van der Waals surface area contributed by atoms with Crippen LogP contribution in [0.4, 0.5) is 5.69 Å². The van der Waals surface area contributed by atoms with E-state index < -0.39 is 9.84 Å². The number of nitrogens with one attached hydrogen (secondary N) is 2. The zero-order valence-electron chi connectivity index (χ0n) is 14.6. The Balaban J connectivity index is 1.66. The maximum absolute atomic E-state index is 12.1. The van der Waals surface area contributed by atoms with E-state index in [0.717, 1.165) is 0 Å². The Morgan fingerprint density at radius 2 is 1.85 bits per heavy atom. The van der Waals surface area contributed by atoms with E-state index >= 15 is 0 Å². The molecule has 0 aliphatic heterocycles. The number of nitrogen functional groups attached to an aromatic ring is 1. The molecule has 3 aromatic rings. The summed E-state index contributed by atoms with van der Waals surface area (Å²) in [7, 11) is -3.33. The van der Waals surface area contributed by atoms with Crippen LogP contribution in [0.1, 0.15) is 27.6 Å². The normalized spacial score (nSPS) is 11.3. The van der Waals surface area contributed by atoms with Crippen LogP contribution in [0.3, 0.4) is 0 Å². The van der Waals surface area contributed by atoms with Crippen LogP contribution in [0.5, 0.6) is 0 Å². The van der Waals surface area contributed by atoms with Crippen LogP contribution in [0.25, 0.3) is 0 Å². The van der Waals surface area contributed by atoms with Crippen LogP contribution in [-0.2, 0) is 22.8 Å². The van der Waals surface area contributed by atoms with Gasteiger partial charge in [0.15, 0.2) is 15.7 Å². The van der Waals surface area contributed by atoms with E-state index in [-0.39, 0.29) is 23.8 Å². The minimum Gasteiger partial charge on any atom is -0.399 e. The van der Waals surface area contributed by atoms with Gasteiger partial charge >= 0.3 is 0 Å². The maximum atomic E-state index is 12.1. The van der Waals surface area contributed by atoms with Gasteiger partial charge in [0.1, 0.15) is 5.82 Å². The van der Waals surface area contributed by atoms with Crippen LogP contribution in [-0.4, -0.2) is 35.8 Å². The number of hydrogen-bond donors (Lipinski definition) is 3. The van der Waals surface area contributed by atoms with Crippen LogP contribution in [0, 0.1) is 0 Å². The number of aromatic amines is 1. The zero-order chi connectivity index (χ0) is 19.4. The van der Waals surface area contributed by atoms with Gasteiger partial charge in [-0.15, -0.1) is 0 Å². The number of amides is 1. The molecule has 0 saturated heterocycles. The molecule has 8 nitrogen and oxygen atoms in total. The maximum Gasteiger partial charge on any atom is 0.251 e. The fraction of sp³-hybridized carbons (Fsp3) is 0.167. The second-order valence-corrected chi connectivity index (χ2v) is 8.04. The number of sulfone groups is 1. The van der Waals surface area contributed by atoms with Gasteiger partial charge in [-0.2, -0.15) is 5.10 Å². The molecule has 0 saturated carbocycles. The lowest BCUT2D eigenvalue weighted by molar-refractivity contribution is 0.0950. The predicted molar refractivity (Wildman–Crippen MR) is 101 cm³/mol. The molecule has 0 unspecified atom stereocenters. The first kappa shape index (κ1) is 18.6. The van der Waals surface area contributed by atoms with Crippen LogP contribution < -0.4 is 11.1 Å². The topological polar surface area (TPSA) is 131 Å². The van der Waals surface area contributed by atoms with E-state index in [1.165, 1.54) is 6.26 Å². The molecule has 1 amide bonds. The summed E-state index contributed by atoms with van der Waals surface area (Å²) in [6.07, 6.45) is 1.44. The number of H-pyrrole nitrogens is 1. The number of hydrogen-bond acceptors (Lipinski definition) is 6. The summed E-state index contributed by atoms with van der Waals surface area (Å²) in [5.41, 5.74) is 7.30. The highest BCUT2D eigenvalue weighted by atomic mass is 32.2. The molecular weight excluding hydrogens is 366 g/mol. The molecule has 1 aromatic heterocycles. The van der Waals surface area contributed by atoms with Crippen molar-refractivity contribution < 1.29 is 13.2 Å². The Morgan fingerprint density at radius 3 is 2.56 bits per heavy atom. The van der Waals surface area contributed by atoms with Gasteiger partial charge in [0.05, 0.1) is 11.4 Å². The Labute approximate surface area is 156 Å². The molecule has 0 spiro atoms. The molecule has 9 heteroatoms. The summed E-state index contributed by atoms with van der Waals surface area (Å²) in [4.78, 5) is 16.7. The summed E-state index contributed by atoms with van der Waals surface area (Å²) >= 11 is 0. The number of nitrogens with two attached hydrogens (primary N) is 1. The average molecular weight is 385 g/mol. The molecule has 0 atom stereocenters. The summed E-state index contributed by atoms with van der Waals surface area (Å²) in [5, 5.41) is 9.59. The molecular formula is C18H19N5O3S. The fourth-order valence-corrected chi connectivity index (χ4v) is 3.52. The number of benzene rings is 2. The summed E-state index contributed by atoms with van der Waals surface area (Å²) in [5.74, 6) is 0.670. The van der Waals surface area contributed by atoms with E-state index in [1.807, 2.05) is 0 Å². The van der Waals surface area contributed by atoms with Crippen LogP contribution in [0.2, 0.25) is 0 Å². The second-order valence-electron chi connectivity index (χ2n) is 6.06. The number of aromatic nitrogens is 3. The number of rotatable bonds is 6. The van der Waals surface area contributed by atoms with Crippen molar-refractivity contribution in [2.45, 2.75) is 17.9 Å². The molecule has 4 N–H and O–H groups in total. The summed E-state index contributed by atoms with van der Waals surface area (Å²) < 4.78 is 23.8. The quantitative estimate of drug-likeness (QED) is 0.548. The molecule has 140 valence electrons. The van der Waals surface area contributed by atoms with Crippen molar-refractivity contribution >= 4 is 21.4 Å². The fourth-order valence-electron chi connectivity index (χ4n) is 2.58. The number of anilines is 1. The number of carbonyl (C=O) groups excluding carboxylic acids is 1. The monoisotopic (exact) mass is 385 g/mol. The van der Waals surface area contributed by atoms with E-state index in [4.69, 9.17) is 5.73 Å². The lowest BCUT2D eigenvalue weighted by atomic mass is 10.1. The van der Waals surface area contributed by atoms with Gasteiger partial charge in [0.2, 0.25) is 0 Å². The highest BCUT2D eigenvalue weighted by Crippen LogP contribution is 2.17. The van der Waals surface area contributed by atoms with E-state index in [0.29, 0.717) is 28.5 Å². The van der Waals surface area contributed by atoms with Gasteiger partial charge in [-0.25, -0.2) is 13.4 Å². The molecule has 2 aromatic carbocycles. The predicted octanol–water partition coefficient (Wildman–Crippen LogP) is 1.31. The minimum absolute atomic E-state index is 0.171. The Hall–Kier alpha value is -3.20. The molecule has 3 rings (SSSR count). The molecule has 0 radical (unpaired) electrons. The summed E-state index contributed by atoms with van der Waals surface area (Å²) in [6.45, 7) is 0.171. The second kappa shape index (κ2) is 7.58. The summed E-state index contributed by atoms with van der Waals surface area (Å²) in [6, 6.07) is 13.3. The third kappa shape index (κ3) is 4.70. The third-order valence-electron chi connectivity index (χ3n) is 3.89. The van der Waals surface area contributed by atoms with Crippen molar-refractivity contribution in [3.8, 4) is 0 Å². The number of nitrogens with zero attached hydrogens (tertiary/aromatic N) is 2. The van der Waals surface area contributed by atoms with Crippen molar-refractivity contribution in [2.75, 3.05) is 12.0 Å². The number of carbonyl (C=O) groups is 1. The highest BCUT2D eigenvalue weighted by Gasteiger charge is 2.15. The van der Waals surface area contributed by atoms with E-state index in [1.54, 1.807) is 48.5 Å². The van der Waals surface area contributed by atoms with Gasteiger partial charge in [0, 0.05) is 23.9 Å². The first-order chi connectivity index (χ1) is 12.8. The van der Waals surface area contributed by atoms with Gasteiger partial charge in [-0.05, 0) is 35.9 Å². The lowest BCUT2D eigenvalue weighted by Crippen LogP contribution is -2.23. The van der Waals surface area contributed by atoms with Gasteiger partial charge < -0.3 is 11.1 Å². The lowest BCUT2D eigenvalue weighted by Gasteiger charge is -2.05. The Morgan fingerprint density at radius 1 is 1.15 bits per heavy atom. The third-order valence-corrected chi connectivity index (χ3v) is 5.09. The van der Waals surface area contributed by atoms with Crippen LogP contribution in [0.15, 0.2) is 53.4 Å². The minimum atomic E-state index is -3.33. The molecule has 0 aliphatic rings. The zero-order valence-corrected chi connectivity index (χ0v) is 15.5. The van der Waals surface area contributed by atoms with Crippen molar-refractivity contribution in [2.24, 2.45) is 0 Å². The average Bonchev–Trinajstić information content (AvgIpc) is 3.07. The van der Waals surface area contributed by atoms with Gasteiger partial charge in [0.25, 0.3) is 5.91 Å². The van der Waals surface area contributed by atoms with E-state index in [9.17, 15) is 13.2 Å². The van der Waals surface area contributed by atoms with Crippen molar-refractivity contribution in [3.05, 3.63) is 71.3 Å². The Kier molecular flexibility index (Phi) is 5.22. The van der Waals surface area contributed by atoms with Crippen LogP contribution >= 0.6 is 0 Å². The van der Waals surface area contributed by atoms with Gasteiger partial charge in [-0.3, -0.25) is 9.89 Å². The smallest absolute Gasteiger partial charge is 0.251 e.